The SMILES string of the molecule is Cc1nn(C)c(CC2(C#N)CCOC2)c1Br. The van der Waals surface area contributed by atoms with Crippen LogP contribution in [-0.4, -0.2) is 23.0 Å². The zero-order valence-corrected chi connectivity index (χ0v) is 11.0. The lowest BCUT2D eigenvalue weighted by molar-refractivity contribution is 0.171. The third kappa shape index (κ3) is 1.87. The van der Waals surface area contributed by atoms with Crippen LogP contribution >= 0.6 is 15.9 Å². The fourth-order valence-electron chi connectivity index (χ4n) is 2.07. The van der Waals surface area contributed by atoms with Crippen LogP contribution in [0.5, 0.6) is 0 Å². The third-order valence-electron chi connectivity index (χ3n) is 3.11. The Hall–Kier alpha value is -0.860. The lowest BCUT2D eigenvalue weighted by Crippen LogP contribution is -2.23. The third-order valence-corrected chi connectivity index (χ3v) is 4.14. The Bertz CT molecular complexity index is 441. The number of hydrogen-bond acceptors (Lipinski definition) is 3. The monoisotopic (exact) mass is 283 g/mol. The Kier molecular flexibility index (Phi) is 3.04. The molecule has 1 saturated heterocycles. The molecule has 1 fully saturated rings. The minimum absolute atomic E-state index is 0.372. The smallest absolute Gasteiger partial charge is 0.0884 e. The van der Waals surface area contributed by atoms with Gasteiger partial charge in [-0.05, 0) is 29.3 Å². The van der Waals surface area contributed by atoms with E-state index in [0.717, 1.165) is 22.3 Å². The van der Waals surface area contributed by atoms with Crippen LogP contribution in [0.1, 0.15) is 17.8 Å². The van der Waals surface area contributed by atoms with Gasteiger partial charge in [-0.3, -0.25) is 4.68 Å². The van der Waals surface area contributed by atoms with Gasteiger partial charge >= 0.3 is 0 Å². The second-order valence-electron chi connectivity index (χ2n) is 4.34. The van der Waals surface area contributed by atoms with Gasteiger partial charge in [0.1, 0.15) is 0 Å². The van der Waals surface area contributed by atoms with Gasteiger partial charge in [-0.2, -0.15) is 10.4 Å². The molecule has 0 aliphatic carbocycles. The van der Waals surface area contributed by atoms with E-state index in [0.29, 0.717) is 19.6 Å². The molecular weight excluding hydrogens is 270 g/mol. The number of nitrogens with zero attached hydrogens (tertiary/aromatic N) is 3. The van der Waals surface area contributed by atoms with E-state index in [9.17, 15) is 5.26 Å². The number of rotatable bonds is 2. The number of nitriles is 1. The molecular formula is C11H14BrN3O. The predicted molar refractivity (Wildman–Crippen MR) is 62.8 cm³/mol. The van der Waals surface area contributed by atoms with Crippen LogP contribution in [0.2, 0.25) is 0 Å². The van der Waals surface area contributed by atoms with Crippen LogP contribution in [-0.2, 0) is 18.2 Å². The number of hydrogen-bond donors (Lipinski definition) is 0. The zero-order valence-electron chi connectivity index (χ0n) is 9.46. The van der Waals surface area contributed by atoms with Crippen molar-refractivity contribution in [1.82, 2.24) is 9.78 Å². The summed E-state index contributed by atoms with van der Waals surface area (Å²) < 4.78 is 8.20. The maximum absolute atomic E-state index is 9.29. The highest BCUT2D eigenvalue weighted by molar-refractivity contribution is 9.10. The van der Waals surface area contributed by atoms with Gasteiger partial charge in [0.05, 0.1) is 34.0 Å². The van der Waals surface area contributed by atoms with Crippen LogP contribution < -0.4 is 0 Å². The van der Waals surface area contributed by atoms with Crippen molar-refractivity contribution in [3.63, 3.8) is 0 Å². The van der Waals surface area contributed by atoms with E-state index in [4.69, 9.17) is 4.74 Å². The van der Waals surface area contributed by atoms with Crippen LogP contribution in [0.25, 0.3) is 0 Å². The fourth-order valence-corrected chi connectivity index (χ4v) is 2.54. The summed E-state index contributed by atoms with van der Waals surface area (Å²) in [5.41, 5.74) is 1.66. The largest absolute Gasteiger partial charge is 0.380 e. The molecule has 16 heavy (non-hydrogen) atoms. The average Bonchev–Trinajstić information content (AvgIpc) is 2.81. The molecule has 2 rings (SSSR count). The highest BCUT2D eigenvalue weighted by atomic mass is 79.9. The quantitative estimate of drug-likeness (QED) is 0.834. The first-order valence-corrected chi connectivity index (χ1v) is 6.04. The molecule has 0 spiro atoms. The van der Waals surface area contributed by atoms with E-state index in [2.05, 4.69) is 27.1 Å². The summed E-state index contributed by atoms with van der Waals surface area (Å²) in [4.78, 5) is 0. The van der Waals surface area contributed by atoms with Gasteiger partial charge in [0.15, 0.2) is 0 Å². The minimum Gasteiger partial charge on any atom is -0.380 e. The van der Waals surface area contributed by atoms with Gasteiger partial charge in [-0.1, -0.05) is 0 Å². The van der Waals surface area contributed by atoms with Crippen LogP contribution in [0.15, 0.2) is 4.47 Å². The fraction of sp³-hybridized carbons (Fsp3) is 0.636. The number of ether oxygens (including phenoxy) is 1. The van der Waals surface area contributed by atoms with Gasteiger partial charge in [-0.15, -0.1) is 0 Å². The molecule has 1 aliphatic rings. The second kappa shape index (κ2) is 4.19. The zero-order chi connectivity index (χ0) is 11.8. The van der Waals surface area contributed by atoms with E-state index in [-0.39, 0.29) is 5.41 Å². The molecule has 1 unspecified atom stereocenters. The lowest BCUT2D eigenvalue weighted by Gasteiger charge is -2.18. The van der Waals surface area contributed by atoms with E-state index < -0.39 is 0 Å². The second-order valence-corrected chi connectivity index (χ2v) is 5.13. The van der Waals surface area contributed by atoms with Crippen LogP contribution in [0, 0.1) is 23.7 Å². The maximum atomic E-state index is 9.29. The molecule has 0 aromatic carbocycles. The van der Waals surface area contributed by atoms with Crippen molar-refractivity contribution in [2.45, 2.75) is 19.8 Å². The van der Waals surface area contributed by atoms with Gasteiger partial charge in [0, 0.05) is 20.1 Å². The maximum Gasteiger partial charge on any atom is 0.0884 e. The summed E-state index contributed by atoms with van der Waals surface area (Å²) in [5, 5.41) is 13.6. The van der Waals surface area contributed by atoms with Gasteiger partial charge < -0.3 is 4.74 Å². The van der Waals surface area contributed by atoms with Crippen molar-refractivity contribution < 1.29 is 4.74 Å². The Morgan fingerprint density at radius 2 is 2.44 bits per heavy atom. The number of halogens is 1. The molecule has 2 heterocycles. The average molecular weight is 284 g/mol. The molecule has 1 aliphatic heterocycles. The molecule has 0 saturated carbocycles. The summed E-state index contributed by atoms with van der Waals surface area (Å²) in [6, 6.07) is 2.40. The standard InChI is InChI=1S/C11H14BrN3O/c1-8-10(12)9(15(2)14-8)5-11(6-13)3-4-16-7-11/h3-5,7H2,1-2H3. The molecule has 1 atom stereocenters. The summed E-state index contributed by atoms with van der Waals surface area (Å²) in [6.07, 6.45) is 1.50. The van der Waals surface area contributed by atoms with Gasteiger partial charge in [0.2, 0.25) is 0 Å². The molecule has 1 aromatic heterocycles. The van der Waals surface area contributed by atoms with Gasteiger partial charge in [-0.25, -0.2) is 0 Å². The topological polar surface area (TPSA) is 50.8 Å². The lowest BCUT2D eigenvalue weighted by atomic mass is 9.84. The van der Waals surface area contributed by atoms with E-state index in [1.54, 1.807) is 0 Å². The normalized spacial score (nSPS) is 24.6. The van der Waals surface area contributed by atoms with Crippen molar-refractivity contribution in [3.05, 3.63) is 15.9 Å². The molecule has 86 valence electrons. The molecule has 5 heteroatoms. The summed E-state index contributed by atoms with van der Waals surface area (Å²) in [6.45, 7) is 3.17. The van der Waals surface area contributed by atoms with Crippen molar-refractivity contribution in [1.29, 1.82) is 5.26 Å². The predicted octanol–water partition coefficient (Wildman–Crippen LogP) is 1.96. The Morgan fingerprint density at radius 3 is 2.88 bits per heavy atom. The van der Waals surface area contributed by atoms with Crippen LogP contribution in [0.3, 0.4) is 0 Å². The first-order valence-electron chi connectivity index (χ1n) is 5.25. The van der Waals surface area contributed by atoms with Crippen molar-refractivity contribution >= 4 is 15.9 Å². The highest BCUT2D eigenvalue weighted by Gasteiger charge is 2.37. The Balaban J connectivity index is 2.30. The molecule has 0 N–H and O–H groups in total. The van der Waals surface area contributed by atoms with Crippen molar-refractivity contribution in [2.24, 2.45) is 12.5 Å². The molecule has 1 aromatic rings. The summed E-state index contributed by atoms with van der Waals surface area (Å²) >= 11 is 3.53. The first-order chi connectivity index (χ1) is 7.58. The summed E-state index contributed by atoms with van der Waals surface area (Å²) in [7, 11) is 1.91. The van der Waals surface area contributed by atoms with Gasteiger partial charge in [0.25, 0.3) is 0 Å². The van der Waals surface area contributed by atoms with Crippen molar-refractivity contribution in [2.75, 3.05) is 13.2 Å². The molecule has 0 amide bonds. The number of aryl methyl sites for hydroxylation is 2. The first kappa shape index (κ1) is 11.6. The van der Waals surface area contributed by atoms with Crippen LogP contribution in [0.4, 0.5) is 0 Å². The van der Waals surface area contributed by atoms with Crippen molar-refractivity contribution in [3.8, 4) is 6.07 Å². The van der Waals surface area contributed by atoms with E-state index in [1.165, 1.54) is 0 Å². The molecule has 0 bridgehead atoms. The van der Waals surface area contributed by atoms with E-state index >= 15 is 0 Å². The Labute approximate surface area is 103 Å². The Morgan fingerprint density at radius 1 is 1.69 bits per heavy atom. The van der Waals surface area contributed by atoms with E-state index in [1.807, 2.05) is 18.7 Å². The minimum atomic E-state index is -0.372. The highest BCUT2D eigenvalue weighted by Crippen LogP contribution is 2.34. The molecule has 0 radical (unpaired) electrons. The summed E-state index contributed by atoms with van der Waals surface area (Å²) in [5.74, 6) is 0. The number of aromatic nitrogens is 2. The molecule has 4 nitrogen and oxygen atoms in total.